The number of aromatic nitrogens is 5. The average molecular weight is 489 g/mol. The summed E-state index contributed by atoms with van der Waals surface area (Å²) in [6.45, 7) is 0. The molecule has 0 atom stereocenters. The topological polar surface area (TPSA) is 121 Å². The molecule has 35 heavy (non-hydrogen) atoms. The third-order valence-electron chi connectivity index (χ3n) is 5.28. The fraction of sp³-hybridized carbons (Fsp3) is 0.0833. The monoisotopic (exact) mass is 488 g/mol. The van der Waals surface area contributed by atoms with Gasteiger partial charge in [-0.2, -0.15) is 9.61 Å². The molecule has 0 aliphatic rings. The van der Waals surface area contributed by atoms with E-state index >= 15 is 0 Å². The van der Waals surface area contributed by atoms with Crippen LogP contribution in [0.2, 0.25) is 0 Å². The molecule has 0 spiro atoms. The van der Waals surface area contributed by atoms with Gasteiger partial charge in [0, 0.05) is 35.3 Å². The molecule has 176 valence electrons. The van der Waals surface area contributed by atoms with Crippen LogP contribution in [0.5, 0.6) is 11.5 Å². The number of nitrogens with one attached hydrogen (secondary N) is 1. The van der Waals surface area contributed by atoms with E-state index in [9.17, 15) is 8.42 Å². The standard InChI is InChI=1S/C24H20N6O4S/c1-33-21-11-9-19(14-22(21)34-2)35(31,32)29-18-7-5-16(6-8-18)20-10-12-23-26-27-24(30(23)28-20)17-4-3-13-25-15-17/h3-15,29H,1-2H3. The van der Waals surface area contributed by atoms with Crippen molar-refractivity contribution in [3.8, 4) is 34.1 Å². The van der Waals surface area contributed by atoms with Crippen molar-refractivity contribution in [2.45, 2.75) is 4.90 Å². The van der Waals surface area contributed by atoms with Gasteiger partial charge in [-0.25, -0.2) is 8.42 Å². The van der Waals surface area contributed by atoms with Crippen LogP contribution in [0.1, 0.15) is 0 Å². The van der Waals surface area contributed by atoms with Crippen LogP contribution >= 0.6 is 0 Å². The third kappa shape index (κ3) is 4.36. The van der Waals surface area contributed by atoms with Crippen molar-refractivity contribution in [3.05, 3.63) is 79.1 Å². The van der Waals surface area contributed by atoms with E-state index in [-0.39, 0.29) is 4.90 Å². The van der Waals surface area contributed by atoms with Crippen molar-refractivity contribution in [3.63, 3.8) is 0 Å². The minimum Gasteiger partial charge on any atom is -0.493 e. The number of pyridine rings is 1. The van der Waals surface area contributed by atoms with Crippen LogP contribution in [-0.2, 0) is 10.0 Å². The van der Waals surface area contributed by atoms with Crippen molar-refractivity contribution in [2.24, 2.45) is 0 Å². The molecule has 0 radical (unpaired) electrons. The Morgan fingerprint density at radius 2 is 1.66 bits per heavy atom. The predicted octanol–water partition coefficient (Wildman–Crippen LogP) is 3.67. The summed E-state index contributed by atoms with van der Waals surface area (Å²) in [5.74, 6) is 1.35. The molecule has 0 saturated heterocycles. The molecule has 0 aliphatic heterocycles. The number of nitrogens with zero attached hydrogens (tertiary/aromatic N) is 5. The first-order chi connectivity index (χ1) is 17.0. The minimum atomic E-state index is -3.83. The van der Waals surface area contributed by atoms with Gasteiger partial charge in [0.25, 0.3) is 10.0 Å². The fourth-order valence-electron chi connectivity index (χ4n) is 3.52. The molecular weight excluding hydrogens is 468 g/mol. The van der Waals surface area contributed by atoms with Gasteiger partial charge in [0.15, 0.2) is 23.0 Å². The van der Waals surface area contributed by atoms with E-state index in [4.69, 9.17) is 9.47 Å². The summed E-state index contributed by atoms with van der Waals surface area (Å²) in [7, 11) is -0.896. The third-order valence-corrected chi connectivity index (χ3v) is 6.66. The molecule has 1 N–H and O–H groups in total. The number of anilines is 1. The Balaban J connectivity index is 1.41. The number of ether oxygens (including phenoxy) is 2. The SMILES string of the molecule is COc1ccc(S(=O)(=O)Nc2ccc(-c3ccc4nnc(-c5cccnc5)n4n3)cc2)cc1OC. The number of methoxy groups -OCH3 is 2. The van der Waals surface area contributed by atoms with Gasteiger partial charge in [-0.1, -0.05) is 12.1 Å². The van der Waals surface area contributed by atoms with E-state index in [0.717, 1.165) is 11.1 Å². The molecule has 10 nitrogen and oxygen atoms in total. The average Bonchev–Trinajstić information content (AvgIpc) is 3.32. The summed E-state index contributed by atoms with van der Waals surface area (Å²) in [5, 5.41) is 13.1. The summed E-state index contributed by atoms with van der Waals surface area (Å²) in [6, 6.07) is 18.7. The Kier molecular flexibility index (Phi) is 5.75. The first kappa shape index (κ1) is 22.3. The Hall–Kier alpha value is -4.51. The van der Waals surface area contributed by atoms with Crippen LogP contribution in [0.15, 0.2) is 84.0 Å². The van der Waals surface area contributed by atoms with E-state index < -0.39 is 10.0 Å². The highest BCUT2D eigenvalue weighted by molar-refractivity contribution is 7.92. The van der Waals surface area contributed by atoms with Crippen molar-refractivity contribution in [1.82, 2.24) is 24.8 Å². The van der Waals surface area contributed by atoms with Gasteiger partial charge >= 0.3 is 0 Å². The highest BCUT2D eigenvalue weighted by atomic mass is 32.2. The molecular formula is C24H20N6O4S. The molecule has 11 heteroatoms. The summed E-state index contributed by atoms with van der Waals surface area (Å²) < 4.78 is 40.4. The van der Waals surface area contributed by atoms with Gasteiger partial charge in [-0.05, 0) is 48.5 Å². The van der Waals surface area contributed by atoms with Crippen LogP contribution in [0.3, 0.4) is 0 Å². The first-order valence-electron chi connectivity index (χ1n) is 10.5. The van der Waals surface area contributed by atoms with Crippen molar-refractivity contribution < 1.29 is 17.9 Å². The molecule has 5 rings (SSSR count). The molecule has 0 saturated carbocycles. The summed E-state index contributed by atoms with van der Waals surface area (Å²) in [4.78, 5) is 4.19. The van der Waals surface area contributed by atoms with Crippen LogP contribution < -0.4 is 14.2 Å². The minimum absolute atomic E-state index is 0.0573. The van der Waals surface area contributed by atoms with Gasteiger partial charge in [0.05, 0.1) is 24.8 Å². The van der Waals surface area contributed by atoms with Gasteiger partial charge in [0.1, 0.15) is 0 Å². The van der Waals surface area contributed by atoms with E-state index in [0.29, 0.717) is 34.4 Å². The van der Waals surface area contributed by atoms with Gasteiger partial charge in [-0.15, -0.1) is 10.2 Å². The Labute approximate surface area is 201 Å². The van der Waals surface area contributed by atoms with Crippen LogP contribution in [0.25, 0.3) is 28.3 Å². The molecule has 0 unspecified atom stereocenters. The van der Waals surface area contributed by atoms with E-state index in [1.165, 1.54) is 26.4 Å². The Bertz CT molecular complexity index is 1600. The predicted molar refractivity (Wildman–Crippen MR) is 130 cm³/mol. The maximum atomic E-state index is 12.9. The summed E-state index contributed by atoms with van der Waals surface area (Å²) in [5.41, 5.74) is 3.28. The highest BCUT2D eigenvalue weighted by Crippen LogP contribution is 2.30. The number of rotatable bonds is 7. The summed E-state index contributed by atoms with van der Waals surface area (Å²) in [6.07, 6.45) is 3.39. The number of hydrogen-bond donors (Lipinski definition) is 1. The second-order valence-electron chi connectivity index (χ2n) is 7.45. The molecule has 0 fully saturated rings. The number of benzene rings is 2. The first-order valence-corrected chi connectivity index (χ1v) is 11.9. The lowest BCUT2D eigenvalue weighted by Gasteiger charge is -2.12. The zero-order chi connectivity index (χ0) is 24.4. The van der Waals surface area contributed by atoms with E-state index in [1.807, 2.05) is 24.3 Å². The largest absolute Gasteiger partial charge is 0.493 e. The molecule has 2 aromatic carbocycles. The maximum absolute atomic E-state index is 12.9. The van der Waals surface area contributed by atoms with Crippen molar-refractivity contribution >= 4 is 21.4 Å². The second kappa shape index (κ2) is 9.03. The zero-order valence-corrected chi connectivity index (χ0v) is 19.6. The second-order valence-corrected chi connectivity index (χ2v) is 9.14. The quantitative estimate of drug-likeness (QED) is 0.368. The molecule has 0 bridgehead atoms. The van der Waals surface area contributed by atoms with Gasteiger partial charge in [0.2, 0.25) is 0 Å². The lowest BCUT2D eigenvalue weighted by atomic mass is 10.1. The molecule has 0 amide bonds. The number of hydrogen-bond acceptors (Lipinski definition) is 8. The fourth-order valence-corrected chi connectivity index (χ4v) is 4.60. The maximum Gasteiger partial charge on any atom is 0.262 e. The molecule has 3 heterocycles. The molecule has 3 aromatic heterocycles. The number of fused-ring (bicyclic) bond motifs is 1. The zero-order valence-electron chi connectivity index (χ0n) is 18.8. The van der Waals surface area contributed by atoms with Gasteiger partial charge < -0.3 is 9.47 Å². The van der Waals surface area contributed by atoms with Gasteiger partial charge in [-0.3, -0.25) is 9.71 Å². The Morgan fingerprint density at radius 1 is 0.857 bits per heavy atom. The van der Waals surface area contributed by atoms with Crippen LogP contribution in [0.4, 0.5) is 5.69 Å². The van der Waals surface area contributed by atoms with Crippen LogP contribution in [0, 0.1) is 0 Å². The summed E-state index contributed by atoms with van der Waals surface area (Å²) >= 11 is 0. The lowest BCUT2D eigenvalue weighted by molar-refractivity contribution is 0.354. The van der Waals surface area contributed by atoms with Crippen LogP contribution in [-0.4, -0.2) is 47.4 Å². The molecule has 0 aliphatic carbocycles. The van der Waals surface area contributed by atoms with E-state index in [1.54, 1.807) is 47.2 Å². The van der Waals surface area contributed by atoms with Crippen molar-refractivity contribution in [1.29, 1.82) is 0 Å². The Morgan fingerprint density at radius 3 is 2.37 bits per heavy atom. The van der Waals surface area contributed by atoms with Crippen molar-refractivity contribution in [2.75, 3.05) is 18.9 Å². The number of sulfonamides is 1. The normalized spacial score (nSPS) is 11.4. The smallest absolute Gasteiger partial charge is 0.262 e. The van der Waals surface area contributed by atoms with E-state index in [2.05, 4.69) is 25.0 Å². The highest BCUT2D eigenvalue weighted by Gasteiger charge is 2.18. The lowest BCUT2D eigenvalue weighted by Crippen LogP contribution is -2.13. The molecule has 5 aromatic rings.